The van der Waals surface area contributed by atoms with Gasteiger partial charge in [-0.3, -0.25) is 0 Å². The van der Waals surface area contributed by atoms with Gasteiger partial charge in [-0.05, 0) is 52.6 Å². The molecular formula is C23H15Cl3O4. The minimum atomic E-state index is -1.02. The van der Waals surface area contributed by atoms with Gasteiger partial charge in [0.2, 0.25) is 6.79 Å². The fourth-order valence-corrected chi connectivity index (χ4v) is 3.93. The van der Waals surface area contributed by atoms with Gasteiger partial charge in [0.05, 0.1) is 0 Å². The zero-order valence-electron chi connectivity index (χ0n) is 15.5. The molecule has 7 heteroatoms. The molecule has 0 saturated heterocycles. The van der Waals surface area contributed by atoms with Gasteiger partial charge in [0.1, 0.15) is 0 Å². The molecule has 152 valence electrons. The minimum absolute atomic E-state index is 0.126. The fraction of sp³-hybridized carbons (Fsp3) is 0.0870. The molecule has 3 aromatic rings. The van der Waals surface area contributed by atoms with Crippen molar-refractivity contribution in [3.05, 3.63) is 86.4 Å². The van der Waals surface area contributed by atoms with Crippen LogP contribution in [0.3, 0.4) is 0 Å². The molecule has 0 fully saturated rings. The van der Waals surface area contributed by atoms with Gasteiger partial charge in [-0.1, -0.05) is 59.1 Å². The quantitative estimate of drug-likeness (QED) is 0.427. The number of carboxylic acid groups (broad SMARTS) is 1. The van der Waals surface area contributed by atoms with E-state index in [9.17, 15) is 9.90 Å². The van der Waals surface area contributed by atoms with Crippen molar-refractivity contribution in [1.29, 1.82) is 0 Å². The van der Waals surface area contributed by atoms with Gasteiger partial charge in [-0.2, -0.15) is 0 Å². The standard InChI is InChI=1S/C23H15Cl3O4/c24-18-7-15(8-19(25)10-18)14-3-1-13(2-4-14)5-17(23(27)28)6-16-9-21-22(11-20(16)26)30-12-29-21/h1-5,7-11H,6,12H2,(H,27,28). The first-order valence-electron chi connectivity index (χ1n) is 8.97. The summed E-state index contributed by atoms with van der Waals surface area (Å²) >= 11 is 18.4. The Bertz CT molecular complexity index is 1130. The maximum atomic E-state index is 11.8. The monoisotopic (exact) mass is 460 g/mol. The van der Waals surface area contributed by atoms with Crippen LogP contribution in [0, 0.1) is 0 Å². The van der Waals surface area contributed by atoms with E-state index in [1.807, 2.05) is 36.4 Å². The van der Waals surface area contributed by atoms with Crippen LogP contribution in [-0.4, -0.2) is 17.9 Å². The maximum absolute atomic E-state index is 11.8. The van der Waals surface area contributed by atoms with Gasteiger partial charge >= 0.3 is 5.97 Å². The van der Waals surface area contributed by atoms with Gasteiger partial charge in [0.25, 0.3) is 0 Å². The highest BCUT2D eigenvalue weighted by atomic mass is 35.5. The summed E-state index contributed by atoms with van der Waals surface area (Å²) in [5.41, 5.74) is 3.41. The van der Waals surface area contributed by atoms with Crippen LogP contribution < -0.4 is 9.47 Å². The number of fused-ring (bicyclic) bond motifs is 1. The van der Waals surface area contributed by atoms with Crippen LogP contribution in [-0.2, 0) is 11.2 Å². The zero-order chi connectivity index (χ0) is 21.3. The number of carboxylic acids is 1. The Labute approximate surface area is 188 Å². The summed E-state index contributed by atoms with van der Waals surface area (Å²) in [6.07, 6.45) is 1.77. The van der Waals surface area contributed by atoms with Crippen molar-refractivity contribution in [2.75, 3.05) is 6.79 Å². The van der Waals surface area contributed by atoms with E-state index in [2.05, 4.69) is 0 Å². The molecule has 0 aliphatic carbocycles. The van der Waals surface area contributed by atoms with Crippen molar-refractivity contribution < 1.29 is 19.4 Å². The highest BCUT2D eigenvalue weighted by molar-refractivity contribution is 6.35. The van der Waals surface area contributed by atoms with Crippen LogP contribution >= 0.6 is 34.8 Å². The van der Waals surface area contributed by atoms with Crippen LogP contribution in [0.2, 0.25) is 15.1 Å². The fourth-order valence-electron chi connectivity index (χ4n) is 3.18. The SMILES string of the molecule is O=C(O)C(=Cc1ccc(-c2cc(Cl)cc(Cl)c2)cc1)Cc1cc2c(cc1Cl)OCO2. The molecular weight excluding hydrogens is 447 g/mol. The van der Waals surface area contributed by atoms with E-state index >= 15 is 0 Å². The van der Waals surface area contributed by atoms with Gasteiger partial charge in [0, 0.05) is 33.1 Å². The van der Waals surface area contributed by atoms with E-state index in [0.717, 1.165) is 16.7 Å². The molecule has 0 amide bonds. The van der Waals surface area contributed by atoms with Gasteiger partial charge in [-0.15, -0.1) is 0 Å². The Morgan fingerprint density at radius 2 is 1.53 bits per heavy atom. The number of rotatable bonds is 5. The second-order valence-electron chi connectivity index (χ2n) is 6.73. The summed E-state index contributed by atoms with van der Waals surface area (Å²) in [6.45, 7) is 0.126. The van der Waals surface area contributed by atoms with Crippen molar-refractivity contribution >= 4 is 46.8 Å². The van der Waals surface area contributed by atoms with Crippen molar-refractivity contribution in [3.63, 3.8) is 0 Å². The van der Waals surface area contributed by atoms with Crippen LogP contribution in [0.1, 0.15) is 11.1 Å². The number of benzene rings is 3. The number of hydrogen-bond donors (Lipinski definition) is 1. The first-order valence-corrected chi connectivity index (χ1v) is 10.1. The van der Waals surface area contributed by atoms with E-state index in [-0.39, 0.29) is 18.8 Å². The third-order valence-electron chi connectivity index (χ3n) is 4.64. The second-order valence-corrected chi connectivity index (χ2v) is 8.01. The lowest BCUT2D eigenvalue weighted by Gasteiger charge is -2.08. The molecule has 1 aliphatic heterocycles. The van der Waals surface area contributed by atoms with Crippen molar-refractivity contribution in [1.82, 2.24) is 0 Å². The molecule has 30 heavy (non-hydrogen) atoms. The molecule has 3 aromatic carbocycles. The lowest BCUT2D eigenvalue weighted by atomic mass is 10.00. The average Bonchev–Trinajstić information content (AvgIpc) is 3.14. The summed E-state index contributed by atoms with van der Waals surface area (Å²) < 4.78 is 10.7. The third kappa shape index (κ3) is 4.57. The highest BCUT2D eigenvalue weighted by Crippen LogP contribution is 2.37. The largest absolute Gasteiger partial charge is 0.478 e. The average molecular weight is 462 g/mol. The van der Waals surface area contributed by atoms with E-state index in [4.69, 9.17) is 44.3 Å². The first kappa shape index (κ1) is 20.6. The predicted octanol–water partition coefficient (Wildman–Crippen LogP) is 6.75. The molecule has 4 rings (SSSR count). The normalized spacial score (nSPS) is 12.8. The minimum Gasteiger partial charge on any atom is -0.478 e. The Morgan fingerprint density at radius 3 is 2.17 bits per heavy atom. The number of carbonyl (C=O) groups is 1. The summed E-state index contributed by atoms with van der Waals surface area (Å²) in [7, 11) is 0. The van der Waals surface area contributed by atoms with E-state index in [1.54, 1.807) is 24.3 Å². The Hall–Kier alpha value is -2.66. The second kappa shape index (κ2) is 8.60. The molecule has 0 saturated carbocycles. The zero-order valence-corrected chi connectivity index (χ0v) is 17.8. The summed E-state index contributed by atoms with van der Waals surface area (Å²) in [5.74, 6) is 0.0967. The molecule has 1 heterocycles. The van der Waals surface area contributed by atoms with Crippen LogP contribution in [0.5, 0.6) is 11.5 Å². The smallest absolute Gasteiger partial charge is 0.331 e. The molecule has 1 N–H and O–H groups in total. The van der Waals surface area contributed by atoms with E-state index in [1.165, 1.54) is 0 Å². The van der Waals surface area contributed by atoms with Crippen LogP contribution in [0.15, 0.2) is 60.2 Å². The molecule has 0 aromatic heterocycles. The molecule has 0 spiro atoms. The first-order chi connectivity index (χ1) is 14.4. The summed E-state index contributed by atoms with van der Waals surface area (Å²) in [4.78, 5) is 11.8. The Balaban J connectivity index is 1.60. The van der Waals surface area contributed by atoms with E-state index < -0.39 is 5.97 Å². The van der Waals surface area contributed by atoms with Crippen LogP contribution in [0.4, 0.5) is 0 Å². The highest BCUT2D eigenvalue weighted by Gasteiger charge is 2.19. The lowest BCUT2D eigenvalue weighted by molar-refractivity contribution is -0.132. The molecule has 0 radical (unpaired) electrons. The number of hydrogen-bond acceptors (Lipinski definition) is 3. The van der Waals surface area contributed by atoms with Crippen LogP contribution in [0.25, 0.3) is 17.2 Å². The topological polar surface area (TPSA) is 55.8 Å². The maximum Gasteiger partial charge on any atom is 0.331 e. The van der Waals surface area contributed by atoms with E-state index in [0.29, 0.717) is 32.1 Å². The van der Waals surface area contributed by atoms with Crippen molar-refractivity contribution in [2.45, 2.75) is 6.42 Å². The predicted molar refractivity (Wildman–Crippen MR) is 119 cm³/mol. The molecule has 1 aliphatic rings. The summed E-state index contributed by atoms with van der Waals surface area (Å²) in [6, 6.07) is 16.1. The van der Waals surface area contributed by atoms with Gasteiger partial charge in [0.15, 0.2) is 11.5 Å². The van der Waals surface area contributed by atoms with Crippen molar-refractivity contribution in [2.24, 2.45) is 0 Å². The number of ether oxygens (including phenoxy) is 2. The third-order valence-corrected chi connectivity index (χ3v) is 5.43. The molecule has 0 atom stereocenters. The lowest BCUT2D eigenvalue weighted by Crippen LogP contribution is -2.04. The Kier molecular flexibility index (Phi) is 5.91. The Morgan fingerprint density at radius 1 is 0.900 bits per heavy atom. The van der Waals surface area contributed by atoms with Crippen molar-refractivity contribution in [3.8, 4) is 22.6 Å². The van der Waals surface area contributed by atoms with Gasteiger partial charge in [-0.25, -0.2) is 4.79 Å². The summed E-state index contributed by atoms with van der Waals surface area (Å²) in [5, 5.41) is 11.2. The van der Waals surface area contributed by atoms with Gasteiger partial charge < -0.3 is 14.6 Å². The number of aliphatic carboxylic acids is 1. The molecule has 4 nitrogen and oxygen atoms in total. The molecule has 0 bridgehead atoms. The molecule has 0 unspecified atom stereocenters. The number of halogens is 3.